The quantitative estimate of drug-likeness (QED) is 0.656. The van der Waals surface area contributed by atoms with Gasteiger partial charge in [-0.05, 0) is 39.2 Å². The van der Waals surface area contributed by atoms with Crippen LogP contribution in [0.5, 0.6) is 0 Å². The van der Waals surface area contributed by atoms with Crippen LogP contribution in [-0.4, -0.2) is 53.0 Å². The molecule has 0 radical (unpaired) electrons. The van der Waals surface area contributed by atoms with Crippen molar-refractivity contribution in [3.05, 3.63) is 35.0 Å². The Morgan fingerprint density at radius 3 is 2.82 bits per heavy atom. The molecule has 1 aliphatic rings. The van der Waals surface area contributed by atoms with Gasteiger partial charge in [0, 0.05) is 26.0 Å². The number of H-pyrrole nitrogens is 1. The lowest BCUT2D eigenvalue weighted by Crippen LogP contribution is -2.50. The third-order valence-electron chi connectivity index (χ3n) is 5.21. The van der Waals surface area contributed by atoms with E-state index < -0.39 is 0 Å². The van der Waals surface area contributed by atoms with Gasteiger partial charge in [-0.15, -0.1) is 0 Å². The standard InChI is InChI=1S/C19H27N5O4/c1-11-8-15(12(2)28-11)19(26)22-16-5-4-13(9-17(16)27-3)18(25)20-7-6-14-10-21-24-23-14/h8,10,13,16-17H,4-7,9H2,1-3H3,(H,20,25)(H,22,26)(H,21,23,24)/t13-,16-,17-/m0/s1. The molecule has 3 atom stereocenters. The van der Waals surface area contributed by atoms with E-state index in [-0.39, 0.29) is 29.9 Å². The van der Waals surface area contributed by atoms with Gasteiger partial charge in [0.15, 0.2) is 0 Å². The number of carbonyl (C=O) groups is 2. The molecule has 1 fully saturated rings. The molecule has 152 valence electrons. The van der Waals surface area contributed by atoms with E-state index >= 15 is 0 Å². The molecule has 1 saturated carbocycles. The number of aromatic amines is 1. The number of hydrogen-bond acceptors (Lipinski definition) is 6. The SMILES string of the molecule is CO[C@H]1C[C@@H](C(=O)NCCc2cn[nH]n2)CC[C@@H]1NC(=O)c1cc(C)oc1C. The molecule has 2 heterocycles. The Balaban J connectivity index is 1.50. The number of ether oxygens (including phenoxy) is 1. The minimum atomic E-state index is -0.211. The highest BCUT2D eigenvalue weighted by Gasteiger charge is 2.35. The van der Waals surface area contributed by atoms with Crippen molar-refractivity contribution < 1.29 is 18.7 Å². The number of nitrogens with zero attached hydrogens (tertiary/aromatic N) is 2. The second-order valence-corrected chi connectivity index (χ2v) is 7.19. The van der Waals surface area contributed by atoms with E-state index in [0.29, 0.717) is 49.3 Å². The zero-order valence-corrected chi connectivity index (χ0v) is 16.4. The molecule has 1 aliphatic carbocycles. The van der Waals surface area contributed by atoms with Gasteiger partial charge in [-0.2, -0.15) is 15.4 Å². The zero-order chi connectivity index (χ0) is 20.1. The summed E-state index contributed by atoms with van der Waals surface area (Å²) < 4.78 is 11.0. The first-order chi connectivity index (χ1) is 13.5. The van der Waals surface area contributed by atoms with Crippen LogP contribution in [0.3, 0.4) is 0 Å². The van der Waals surface area contributed by atoms with Gasteiger partial charge in [0.2, 0.25) is 5.91 Å². The lowest BCUT2D eigenvalue weighted by atomic mass is 9.83. The van der Waals surface area contributed by atoms with E-state index in [1.165, 1.54) is 0 Å². The van der Waals surface area contributed by atoms with Crippen molar-refractivity contribution in [3.8, 4) is 0 Å². The zero-order valence-electron chi connectivity index (χ0n) is 16.4. The van der Waals surface area contributed by atoms with Gasteiger partial charge in [-0.1, -0.05) is 0 Å². The van der Waals surface area contributed by atoms with Gasteiger partial charge >= 0.3 is 0 Å². The van der Waals surface area contributed by atoms with Gasteiger partial charge in [-0.3, -0.25) is 9.59 Å². The molecule has 0 unspecified atom stereocenters. The van der Waals surface area contributed by atoms with E-state index in [1.807, 2.05) is 6.92 Å². The number of hydrogen-bond donors (Lipinski definition) is 3. The third-order valence-corrected chi connectivity index (χ3v) is 5.21. The Kier molecular flexibility index (Phi) is 6.45. The Hall–Kier alpha value is -2.68. The first-order valence-electron chi connectivity index (χ1n) is 9.51. The molecule has 9 heteroatoms. The summed E-state index contributed by atoms with van der Waals surface area (Å²) in [7, 11) is 1.61. The number of aromatic nitrogens is 3. The van der Waals surface area contributed by atoms with Crippen LogP contribution in [-0.2, 0) is 16.0 Å². The van der Waals surface area contributed by atoms with Gasteiger partial charge in [0.1, 0.15) is 11.5 Å². The van der Waals surface area contributed by atoms with E-state index in [0.717, 1.165) is 5.69 Å². The number of rotatable bonds is 7. The molecule has 2 amide bonds. The molecule has 0 bridgehead atoms. The summed E-state index contributed by atoms with van der Waals surface area (Å²) in [4.78, 5) is 25.0. The number of furan rings is 1. The Morgan fingerprint density at radius 2 is 2.18 bits per heavy atom. The fraction of sp³-hybridized carbons (Fsp3) is 0.579. The minimum Gasteiger partial charge on any atom is -0.466 e. The first-order valence-corrected chi connectivity index (χ1v) is 9.51. The van der Waals surface area contributed by atoms with Crippen LogP contribution < -0.4 is 10.6 Å². The van der Waals surface area contributed by atoms with Gasteiger partial charge in [-0.25, -0.2) is 0 Å². The van der Waals surface area contributed by atoms with Crippen LogP contribution in [0, 0.1) is 19.8 Å². The molecule has 0 aromatic carbocycles. The van der Waals surface area contributed by atoms with Crippen LogP contribution in [0.4, 0.5) is 0 Å². The van der Waals surface area contributed by atoms with Crippen molar-refractivity contribution in [1.82, 2.24) is 26.0 Å². The maximum atomic E-state index is 12.6. The normalized spacial score (nSPS) is 22.0. The summed E-state index contributed by atoms with van der Waals surface area (Å²) in [5.74, 6) is 1.02. The van der Waals surface area contributed by atoms with Crippen molar-refractivity contribution in [2.45, 2.75) is 51.7 Å². The molecular formula is C19H27N5O4. The van der Waals surface area contributed by atoms with Crippen molar-refractivity contribution in [2.24, 2.45) is 5.92 Å². The minimum absolute atomic E-state index is 0.0108. The molecule has 3 N–H and O–H groups in total. The summed E-state index contributed by atoms with van der Waals surface area (Å²) in [6.07, 6.45) is 4.01. The van der Waals surface area contributed by atoms with E-state index in [1.54, 1.807) is 26.3 Å². The van der Waals surface area contributed by atoms with Crippen LogP contribution in [0.25, 0.3) is 0 Å². The molecule has 2 aromatic rings. The number of carbonyl (C=O) groups excluding carboxylic acids is 2. The maximum Gasteiger partial charge on any atom is 0.255 e. The van der Waals surface area contributed by atoms with Crippen LogP contribution in [0.1, 0.15) is 46.8 Å². The summed E-state index contributed by atoms with van der Waals surface area (Å²) in [5.41, 5.74) is 1.35. The fourth-order valence-electron chi connectivity index (χ4n) is 3.70. The number of nitrogens with one attached hydrogen (secondary N) is 3. The maximum absolute atomic E-state index is 12.6. The third kappa shape index (κ3) is 4.78. The second kappa shape index (κ2) is 9.01. The lowest BCUT2D eigenvalue weighted by Gasteiger charge is -2.35. The lowest BCUT2D eigenvalue weighted by molar-refractivity contribution is -0.127. The highest BCUT2D eigenvalue weighted by molar-refractivity contribution is 5.95. The first kappa shape index (κ1) is 20.1. The average Bonchev–Trinajstić information content (AvgIpc) is 3.31. The second-order valence-electron chi connectivity index (χ2n) is 7.19. The summed E-state index contributed by atoms with van der Waals surface area (Å²) in [6, 6.07) is 1.60. The Labute approximate surface area is 163 Å². The molecule has 28 heavy (non-hydrogen) atoms. The topological polar surface area (TPSA) is 122 Å². The number of methoxy groups -OCH3 is 1. The smallest absolute Gasteiger partial charge is 0.255 e. The average molecular weight is 389 g/mol. The highest BCUT2D eigenvalue weighted by Crippen LogP contribution is 2.27. The predicted molar refractivity (Wildman–Crippen MR) is 101 cm³/mol. The molecule has 2 aromatic heterocycles. The van der Waals surface area contributed by atoms with Gasteiger partial charge < -0.3 is 19.8 Å². The van der Waals surface area contributed by atoms with Crippen molar-refractivity contribution in [1.29, 1.82) is 0 Å². The van der Waals surface area contributed by atoms with Gasteiger partial charge in [0.05, 0.1) is 29.6 Å². The van der Waals surface area contributed by atoms with Crippen molar-refractivity contribution >= 4 is 11.8 Å². The highest BCUT2D eigenvalue weighted by atomic mass is 16.5. The Morgan fingerprint density at radius 1 is 1.36 bits per heavy atom. The summed E-state index contributed by atoms with van der Waals surface area (Å²) in [6.45, 7) is 4.10. The van der Waals surface area contributed by atoms with Crippen LogP contribution in [0.2, 0.25) is 0 Å². The molecule has 0 saturated heterocycles. The van der Waals surface area contributed by atoms with Crippen molar-refractivity contribution in [2.75, 3.05) is 13.7 Å². The summed E-state index contributed by atoms with van der Waals surface area (Å²) in [5, 5.41) is 16.3. The molecule has 0 aliphatic heterocycles. The fourth-order valence-corrected chi connectivity index (χ4v) is 3.70. The largest absolute Gasteiger partial charge is 0.466 e. The molecule has 9 nitrogen and oxygen atoms in total. The van der Waals surface area contributed by atoms with E-state index in [9.17, 15) is 9.59 Å². The van der Waals surface area contributed by atoms with E-state index in [4.69, 9.17) is 9.15 Å². The Bertz CT molecular complexity index is 801. The molecule has 3 rings (SSSR count). The van der Waals surface area contributed by atoms with Crippen molar-refractivity contribution in [3.63, 3.8) is 0 Å². The number of aryl methyl sites for hydroxylation is 2. The van der Waals surface area contributed by atoms with Crippen LogP contribution >= 0.6 is 0 Å². The predicted octanol–water partition coefficient (Wildman–Crippen LogP) is 1.29. The summed E-state index contributed by atoms with van der Waals surface area (Å²) >= 11 is 0. The number of amides is 2. The molecule has 0 spiro atoms. The monoisotopic (exact) mass is 389 g/mol. The van der Waals surface area contributed by atoms with Gasteiger partial charge in [0.25, 0.3) is 5.91 Å². The molecular weight excluding hydrogens is 362 g/mol. The van der Waals surface area contributed by atoms with Crippen LogP contribution in [0.15, 0.2) is 16.7 Å². The van der Waals surface area contributed by atoms with E-state index in [2.05, 4.69) is 26.0 Å².